The van der Waals surface area contributed by atoms with Gasteiger partial charge in [0, 0.05) is 5.56 Å². The Morgan fingerprint density at radius 3 is 2.35 bits per heavy atom. The van der Waals surface area contributed by atoms with Crippen LogP contribution in [0.2, 0.25) is 0 Å². The first kappa shape index (κ1) is 16.7. The van der Waals surface area contributed by atoms with Gasteiger partial charge in [0.05, 0.1) is 12.1 Å². The minimum atomic E-state index is -0.450. The van der Waals surface area contributed by atoms with Crippen LogP contribution >= 0.6 is 0 Å². The highest BCUT2D eigenvalue weighted by atomic mass is 16.5. The van der Waals surface area contributed by atoms with Gasteiger partial charge in [-0.2, -0.15) is 0 Å². The molecule has 1 rings (SSSR count). The molecule has 1 atom stereocenters. The van der Waals surface area contributed by atoms with Crippen molar-refractivity contribution in [3.63, 3.8) is 0 Å². The molecule has 0 heterocycles. The Bertz CT molecular complexity index is 440. The molecule has 0 amide bonds. The van der Waals surface area contributed by atoms with Gasteiger partial charge in [0.25, 0.3) is 0 Å². The van der Waals surface area contributed by atoms with E-state index in [1.165, 1.54) is 0 Å². The standard InChI is InChI=1S/C17H27NO2/c1-6-17(5,18(7-2)8-3)16(19)14-11-10-12-15(13-14)20-9-4/h10-13H,6-9H2,1-5H3. The van der Waals surface area contributed by atoms with E-state index in [4.69, 9.17) is 4.74 Å². The predicted octanol–water partition coefficient (Wildman–Crippen LogP) is 3.78. The lowest BCUT2D eigenvalue weighted by Gasteiger charge is -2.38. The number of hydrogen-bond donors (Lipinski definition) is 0. The molecular weight excluding hydrogens is 250 g/mol. The Labute approximate surface area is 122 Å². The van der Waals surface area contributed by atoms with Crippen molar-refractivity contribution in [1.29, 1.82) is 0 Å². The molecule has 0 spiro atoms. The molecule has 0 bridgehead atoms. The fraction of sp³-hybridized carbons (Fsp3) is 0.588. The van der Waals surface area contributed by atoms with Crippen LogP contribution in [-0.4, -0.2) is 35.9 Å². The summed E-state index contributed by atoms with van der Waals surface area (Å²) >= 11 is 0. The largest absolute Gasteiger partial charge is 0.494 e. The van der Waals surface area contributed by atoms with Crippen LogP contribution in [0.5, 0.6) is 5.75 Å². The number of carbonyl (C=O) groups is 1. The number of nitrogens with zero attached hydrogens (tertiary/aromatic N) is 1. The highest BCUT2D eigenvalue weighted by Gasteiger charge is 2.36. The molecule has 1 aromatic rings. The molecule has 1 unspecified atom stereocenters. The number of hydrogen-bond acceptors (Lipinski definition) is 3. The Morgan fingerprint density at radius 1 is 1.20 bits per heavy atom. The third-order valence-electron chi connectivity index (χ3n) is 4.05. The molecule has 112 valence electrons. The van der Waals surface area contributed by atoms with Gasteiger partial charge in [0.1, 0.15) is 5.75 Å². The minimum Gasteiger partial charge on any atom is -0.494 e. The smallest absolute Gasteiger partial charge is 0.182 e. The second-order valence-electron chi connectivity index (χ2n) is 5.09. The lowest BCUT2D eigenvalue weighted by Crippen LogP contribution is -2.51. The predicted molar refractivity (Wildman–Crippen MR) is 83.6 cm³/mol. The number of rotatable bonds is 8. The first-order valence-electron chi connectivity index (χ1n) is 7.56. The number of carbonyl (C=O) groups excluding carboxylic acids is 1. The molecular formula is C17H27NO2. The lowest BCUT2D eigenvalue weighted by atomic mass is 9.86. The molecule has 3 nitrogen and oxygen atoms in total. The molecule has 0 fully saturated rings. The molecule has 0 radical (unpaired) electrons. The van der Waals surface area contributed by atoms with Crippen LogP contribution in [0.25, 0.3) is 0 Å². The third kappa shape index (κ3) is 3.40. The molecule has 0 N–H and O–H groups in total. The van der Waals surface area contributed by atoms with Gasteiger partial charge < -0.3 is 4.74 Å². The van der Waals surface area contributed by atoms with Gasteiger partial charge in [-0.25, -0.2) is 0 Å². The number of ketones is 1. The van der Waals surface area contributed by atoms with Crippen molar-refractivity contribution in [3.05, 3.63) is 29.8 Å². The second-order valence-corrected chi connectivity index (χ2v) is 5.09. The normalized spacial score (nSPS) is 14.1. The molecule has 0 aliphatic rings. The van der Waals surface area contributed by atoms with E-state index >= 15 is 0 Å². The number of Topliss-reactive ketones (excluding diaryl/α,β-unsaturated/α-hetero) is 1. The van der Waals surface area contributed by atoms with Gasteiger partial charge >= 0.3 is 0 Å². The van der Waals surface area contributed by atoms with Crippen LogP contribution in [0.1, 0.15) is 51.4 Å². The van der Waals surface area contributed by atoms with Crippen molar-refractivity contribution in [2.24, 2.45) is 0 Å². The maximum Gasteiger partial charge on any atom is 0.182 e. The van der Waals surface area contributed by atoms with Gasteiger partial charge in [0.2, 0.25) is 0 Å². The zero-order chi connectivity index (χ0) is 15.2. The minimum absolute atomic E-state index is 0.172. The lowest BCUT2D eigenvalue weighted by molar-refractivity contribution is 0.0607. The van der Waals surface area contributed by atoms with E-state index in [2.05, 4.69) is 25.7 Å². The Balaban J connectivity index is 3.10. The van der Waals surface area contributed by atoms with E-state index in [9.17, 15) is 4.79 Å². The van der Waals surface area contributed by atoms with Gasteiger partial charge in [0.15, 0.2) is 5.78 Å². The van der Waals surface area contributed by atoms with E-state index in [0.717, 1.165) is 30.8 Å². The monoisotopic (exact) mass is 277 g/mol. The maximum atomic E-state index is 12.9. The fourth-order valence-electron chi connectivity index (χ4n) is 2.65. The summed E-state index contributed by atoms with van der Waals surface area (Å²) < 4.78 is 5.49. The van der Waals surface area contributed by atoms with Crippen molar-refractivity contribution in [2.75, 3.05) is 19.7 Å². The average molecular weight is 277 g/mol. The highest BCUT2D eigenvalue weighted by molar-refractivity contribution is 6.03. The Hall–Kier alpha value is -1.35. The SMILES string of the molecule is CCOc1cccc(C(=O)C(C)(CC)N(CC)CC)c1. The molecule has 20 heavy (non-hydrogen) atoms. The number of likely N-dealkylation sites (N-methyl/N-ethyl adjacent to an activating group) is 1. The molecule has 0 aliphatic carbocycles. The van der Waals surface area contributed by atoms with Gasteiger partial charge in [-0.15, -0.1) is 0 Å². The molecule has 1 aromatic carbocycles. The van der Waals surface area contributed by atoms with Crippen molar-refractivity contribution in [1.82, 2.24) is 4.90 Å². The van der Waals surface area contributed by atoms with Crippen molar-refractivity contribution in [3.8, 4) is 5.75 Å². The first-order valence-corrected chi connectivity index (χ1v) is 7.56. The highest BCUT2D eigenvalue weighted by Crippen LogP contribution is 2.26. The van der Waals surface area contributed by atoms with E-state index in [1.54, 1.807) is 0 Å². The Morgan fingerprint density at radius 2 is 1.85 bits per heavy atom. The van der Waals surface area contributed by atoms with Crippen LogP contribution < -0.4 is 4.74 Å². The Kier molecular flexibility index (Phi) is 6.21. The topological polar surface area (TPSA) is 29.5 Å². The maximum absolute atomic E-state index is 12.9. The van der Waals surface area contributed by atoms with Gasteiger partial charge in [-0.05, 0) is 45.5 Å². The van der Waals surface area contributed by atoms with Gasteiger partial charge in [-0.1, -0.05) is 32.9 Å². The summed E-state index contributed by atoms with van der Waals surface area (Å²) in [5, 5.41) is 0. The van der Waals surface area contributed by atoms with Crippen LogP contribution in [0.3, 0.4) is 0 Å². The van der Waals surface area contributed by atoms with Gasteiger partial charge in [-0.3, -0.25) is 9.69 Å². The third-order valence-corrected chi connectivity index (χ3v) is 4.05. The summed E-state index contributed by atoms with van der Waals surface area (Å²) in [4.78, 5) is 15.1. The van der Waals surface area contributed by atoms with Crippen LogP contribution in [-0.2, 0) is 0 Å². The molecule has 3 heteroatoms. The molecule has 0 saturated carbocycles. The van der Waals surface area contributed by atoms with E-state index in [0.29, 0.717) is 6.61 Å². The van der Waals surface area contributed by atoms with Crippen LogP contribution in [0, 0.1) is 0 Å². The molecule has 0 aromatic heterocycles. The summed E-state index contributed by atoms with van der Waals surface area (Å²) in [7, 11) is 0. The zero-order valence-corrected chi connectivity index (χ0v) is 13.4. The summed E-state index contributed by atoms with van der Waals surface area (Å²) in [5.74, 6) is 0.932. The number of ether oxygens (including phenoxy) is 1. The summed E-state index contributed by atoms with van der Waals surface area (Å²) in [5.41, 5.74) is 0.279. The van der Waals surface area contributed by atoms with Crippen molar-refractivity contribution >= 4 is 5.78 Å². The molecule has 0 saturated heterocycles. The van der Waals surface area contributed by atoms with E-state index in [-0.39, 0.29) is 5.78 Å². The van der Waals surface area contributed by atoms with Crippen LogP contribution in [0.15, 0.2) is 24.3 Å². The van der Waals surface area contributed by atoms with Crippen molar-refractivity contribution < 1.29 is 9.53 Å². The quantitative estimate of drug-likeness (QED) is 0.677. The average Bonchev–Trinajstić information content (AvgIpc) is 2.48. The fourth-order valence-corrected chi connectivity index (χ4v) is 2.65. The second kappa shape index (κ2) is 7.44. The summed E-state index contributed by atoms with van der Waals surface area (Å²) in [6.07, 6.45) is 0.798. The van der Waals surface area contributed by atoms with Crippen molar-refractivity contribution in [2.45, 2.75) is 46.6 Å². The van der Waals surface area contributed by atoms with Crippen LogP contribution in [0.4, 0.5) is 0 Å². The zero-order valence-electron chi connectivity index (χ0n) is 13.4. The first-order chi connectivity index (χ1) is 9.53. The summed E-state index contributed by atoms with van der Waals surface area (Å²) in [6.45, 7) is 12.6. The van der Waals surface area contributed by atoms with E-state index < -0.39 is 5.54 Å². The summed E-state index contributed by atoms with van der Waals surface area (Å²) in [6, 6.07) is 7.50. The molecule has 0 aliphatic heterocycles. The van der Waals surface area contributed by atoms with E-state index in [1.807, 2.05) is 38.1 Å². The number of benzene rings is 1.